The highest BCUT2D eigenvalue weighted by atomic mass is 32.2. The molecule has 4 N–H and O–H groups in total. The topological polar surface area (TPSA) is 84.2 Å². The predicted molar refractivity (Wildman–Crippen MR) is 83.7 cm³/mol. The largest absolute Gasteiger partial charge is 0.399 e. The number of benzene rings is 1. The molecule has 0 bridgehead atoms. The Balaban J connectivity index is 2.30. The summed E-state index contributed by atoms with van der Waals surface area (Å²) in [7, 11) is 0. The zero-order valence-electron chi connectivity index (χ0n) is 11.8. The van der Waals surface area contributed by atoms with Gasteiger partial charge in [-0.3, -0.25) is 9.59 Å². The summed E-state index contributed by atoms with van der Waals surface area (Å²) in [6.45, 7) is 2.68. The van der Waals surface area contributed by atoms with Crippen LogP contribution in [-0.2, 0) is 4.79 Å². The quantitative estimate of drug-likeness (QED) is 0.658. The highest BCUT2D eigenvalue weighted by molar-refractivity contribution is 7.98. The van der Waals surface area contributed by atoms with Crippen LogP contribution < -0.4 is 16.4 Å². The second kappa shape index (κ2) is 8.47. The number of thioether (sulfide) groups is 1. The molecule has 0 saturated carbocycles. The smallest absolute Gasteiger partial charge is 0.251 e. The van der Waals surface area contributed by atoms with Crippen LogP contribution in [0.4, 0.5) is 5.69 Å². The molecule has 1 aromatic rings. The number of nitrogen functional groups attached to an aromatic ring is 1. The molecule has 1 unspecified atom stereocenters. The molecule has 0 spiro atoms. The van der Waals surface area contributed by atoms with Crippen LogP contribution in [0.15, 0.2) is 24.3 Å². The third-order valence-corrected chi connectivity index (χ3v) is 3.58. The third-order valence-electron chi connectivity index (χ3n) is 2.68. The molecule has 0 aromatic heterocycles. The Labute approximate surface area is 123 Å². The number of carbonyl (C=O) groups excluding carboxylic acids is 2. The molecule has 1 rings (SSSR count). The van der Waals surface area contributed by atoms with E-state index in [1.54, 1.807) is 36.0 Å². The molecule has 0 fully saturated rings. The van der Waals surface area contributed by atoms with E-state index >= 15 is 0 Å². The Bertz CT molecular complexity index is 448. The molecule has 0 radical (unpaired) electrons. The summed E-state index contributed by atoms with van der Waals surface area (Å²) in [5, 5.41) is 5.37. The van der Waals surface area contributed by atoms with E-state index in [1.807, 2.05) is 6.26 Å². The molecule has 2 amide bonds. The van der Waals surface area contributed by atoms with Gasteiger partial charge in [0.2, 0.25) is 5.91 Å². The van der Waals surface area contributed by atoms with Gasteiger partial charge in [-0.25, -0.2) is 0 Å². The van der Waals surface area contributed by atoms with E-state index < -0.39 is 0 Å². The van der Waals surface area contributed by atoms with E-state index in [0.29, 0.717) is 23.7 Å². The first-order valence-corrected chi connectivity index (χ1v) is 7.81. The molecular formula is C14H21N3O2S. The minimum Gasteiger partial charge on any atom is -0.399 e. The van der Waals surface area contributed by atoms with Gasteiger partial charge in [0.15, 0.2) is 0 Å². The van der Waals surface area contributed by atoms with Crippen molar-refractivity contribution >= 4 is 29.3 Å². The van der Waals surface area contributed by atoms with Crippen LogP contribution in [0, 0.1) is 5.92 Å². The molecule has 5 nitrogen and oxygen atoms in total. The Hall–Kier alpha value is -1.69. The molecule has 20 heavy (non-hydrogen) atoms. The van der Waals surface area contributed by atoms with Crippen LogP contribution in [0.1, 0.15) is 17.3 Å². The first kappa shape index (κ1) is 16.4. The average Bonchev–Trinajstić information content (AvgIpc) is 2.43. The summed E-state index contributed by atoms with van der Waals surface area (Å²) in [6, 6.07) is 6.56. The lowest BCUT2D eigenvalue weighted by molar-refractivity contribution is -0.120. The Morgan fingerprint density at radius 3 is 2.50 bits per heavy atom. The van der Waals surface area contributed by atoms with Gasteiger partial charge in [0, 0.05) is 17.8 Å². The lowest BCUT2D eigenvalue weighted by Gasteiger charge is -2.11. The number of rotatable bonds is 7. The summed E-state index contributed by atoms with van der Waals surface area (Å²) in [5.74, 6) is 0.957. The lowest BCUT2D eigenvalue weighted by Crippen LogP contribution is -2.38. The Morgan fingerprint density at radius 1 is 1.25 bits per heavy atom. The van der Waals surface area contributed by atoms with E-state index in [9.17, 15) is 9.59 Å². The van der Waals surface area contributed by atoms with E-state index in [0.717, 1.165) is 5.75 Å². The Morgan fingerprint density at radius 2 is 1.90 bits per heavy atom. The number of hydrogen-bond donors (Lipinski definition) is 3. The number of anilines is 1. The first-order valence-electron chi connectivity index (χ1n) is 6.42. The molecular weight excluding hydrogens is 274 g/mol. The molecule has 1 aromatic carbocycles. The second-order valence-corrected chi connectivity index (χ2v) is 5.58. The van der Waals surface area contributed by atoms with Gasteiger partial charge >= 0.3 is 0 Å². The van der Waals surface area contributed by atoms with Gasteiger partial charge < -0.3 is 16.4 Å². The van der Waals surface area contributed by atoms with Crippen LogP contribution in [0.25, 0.3) is 0 Å². The maximum Gasteiger partial charge on any atom is 0.251 e. The molecule has 0 aliphatic heterocycles. The van der Waals surface area contributed by atoms with Crippen LogP contribution in [-0.4, -0.2) is 36.9 Å². The maximum absolute atomic E-state index is 11.8. The van der Waals surface area contributed by atoms with E-state index in [-0.39, 0.29) is 18.4 Å². The normalized spacial score (nSPS) is 11.7. The molecule has 110 valence electrons. The molecule has 0 aliphatic rings. The average molecular weight is 295 g/mol. The number of hydrogen-bond acceptors (Lipinski definition) is 4. The van der Waals surface area contributed by atoms with Gasteiger partial charge in [0.05, 0.1) is 6.54 Å². The maximum atomic E-state index is 11.8. The number of amides is 2. The number of nitrogens with one attached hydrogen (secondary N) is 2. The van der Waals surface area contributed by atoms with Crippen molar-refractivity contribution in [1.82, 2.24) is 10.6 Å². The molecule has 1 atom stereocenters. The zero-order chi connectivity index (χ0) is 15.0. The van der Waals surface area contributed by atoms with Crippen molar-refractivity contribution in [2.45, 2.75) is 6.92 Å². The molecule has 0 saturated heterocycles. The van der Waals surface area contributed by atoms with Crippen LogP contribution in [0.5, 0.6) is 0 Å². The predicted octanol–water partition coefficient (Wildman–Crippen LogP) is 1.11. The standard InChI is InChI=1S/C14H21N3O2S/c1-10(9-20-2)7-16-13(18)8-17-14(19)11-3-5-12(15)6-4-11/h3-6,10H,7-9,15H2,1-2H3,(H,16,18)(H,17,19). The first-order chi connectivity index (χ1) is 9.52. The summed E-state index contributed by atoms with van der Waals surface area (Å²) in [6.07, 6.45) is 2.03. The fourth-order valence-electron chi connectivity index (χ4n) is 1.59. The van der Waals surface area contributed by atoms with Crippen molar-refractivity contribution in [3.8, 4) is 0 Å². The number of nitrogens with two attached hydrogens (primary N) is 1. The minimum absolute atomic E-state index is 0.0187. The van der Waals surface area contributed by atoms with Gasteiger partial charge in [-0.2, -0.15) is 11.8 Å². The van der Waals surface area contributed by atoms with Crippen molar-refractivity contribution < 1.29 is 9.59 Å². The van der Waals surface area contributed by atoms with E-state index in [4.69, 9.17) is 5.73 Å². The monoisotopic (exact) mass is 295 g/mol. The van der Waals surface area contributed by atoms with Crippen molar-refractivity contribution in [3.63, 3.8) is 0 Å². The summed E-state index contributed by atoms with van der Waals surface area (Å²) >= 11 is 1.75. The SMILES string of the molecule is CSCC(C)CNC(=O)CNC(=O)c1ccc(N)cc1. The highest BCUT2D eigenvalue weighted by Gasteiger charge is 2.08. The molecule has 6 heteroatoms. The lowest BCUT2D eigenvalue weighted by atomic mass is 10.2. The Kier molecular flexibility index (Phi) is 6.93. The van der Waals surface area contributed by atoms with Gasteiger partial charge in [0.1, 0.15) is 0 Å². The van der Waals surface area contributed by atoms with Crippen LogP contribution in [0.2, 0.25) is 0 Å². The zero-order valence-corrected chi connectivity index (χ0v) is 12.6. The van der Waals surface area contributed by atoms with Crippen molar-refractivity contribution in [3.05, 3.63) is 29.8 Å². The van der Waals surface area contributed by atoms with Gasteiger partial charge in [-0.1, -0.05) is 6.92 Å². The molecule has 0 heterocycles. The molecule has 0 aliphatic carbocycles. The van der Waals surface area contributed by atoms with E-state index in [1.165, 1.54) is 0 Å². The van der Waals surface area contributed by atoms with Crippen molar-refractivity contribution in [1.29, 1.82) is 0 Å². The van der Waals surface area contributed by atoms with E-state index in [2.05, 4.69) is 17.6 Å². The summed E-state index contributed by atoms with van der Waals surface area (Å²) < 4.78 is 0. The second-order valence-electron chi connectivity index (χ2n) is 4.67. The summed E-state index contributed by atoms with van der Waals surface area (Å²) in [5.41, 5.74) is 6.63. The fourth-order valence-corrected chi connectivity index (χ4v) is 2.28. The van der Waals surface area contributed by atoms with Gasteiger partial charge in [-0.15, -0.1) is 0 Å². The summed E-state index contributed by atoms with van der Waals surface area (Å²) in [4.78, 5) is 23.4. The van der Waals surface area contributed by atoms with Crippen molar-refractivity contribution in [2.75, 3.05) is 30.8 Å². The highest BCUT2D eigenvalue weighted by Crippen LogP contribution is 2.05. The van der Waals surface area contributed by atoms with Gasteiger partial charge in [0.25, 0.3) is 5.91 Å². The van der Waals surface area contributed by atoms with Gasteiger partial charge in [-0.05, 0) is 42.2 Å². The minimum atomic E-state index is -0.280. The third kappa shape index (κ3) is 5.97. The van der Waals surface area contributed by atoms with Crippen LogP contribution >= 0.6 is 11.8 Å². The number of carbonyl (C=O) groups is 2. The van der Waals surface area contributed by atoms with Crippen molar-refractivity contribution in [2.24, 2.45) is 5.92 Å². The van der Waals surface area contributed by atoms with Crippen LogP contribution in [0.3, 0.4) is 0 Å². The fraction of sp³-hybridized carbons (Fsp3) is 0.429.